The van der Waals surface area contributed by atoms with Crippen LogP contribution in [-0.4, -0.2) is 97.7 Å². The summed E-state index contributed by atoms with van der Waals surface area (Å²) in [5.74, 6) is -2.39. The number of rotatable bonds is 7. The number of aliphatic hydroxyl groups is 2. The van der Waals surface area contributed by atoms with E-state index in [0.29, 0.717) is 5.52 Å². The topological polar surface area (TPSA) is 320 Å². The van der Waals surface area contributed by atoms with Crippen molar-refractivity contribution in [2.24, 2.45) is 5.73 Å². The number of nitrogens with zero attached hydrogens (tertiary/aromatic N) is 4. The molecule has 1 fully saturated rings. The normalized spacial score (nSPS) is 21.6. The maximum atomic E-state index is 10.7. The molecule has 0 unspecified atom stereocenters. The highest BCUT2D eigenvalue weighted by atomic mass is 31.2. The highest BCUT2D eigenvalue weighted by Gasteiger charge is 2.45. The third kappa shape index (κ3) is 8.71. The molecule has 1 aliphatic heterocycles. The van der Waals surface area contributed by atoms with Crippen molar-refractivity contribution >= 4 is 36.7 Å². The summed E-state index contributed by atoms with van der Waals surface area (Å²) in [5, 5.41) is 44.4. The van der Waals surface area contributed by atoms with E-state index >= 15 is 0 Å². The molecule has 3 aromatic heterocycles. The summed E-state index contributed by atoms with van der Waals surface area (Å²) in [6.07, 6.45) is -1.61. The van der Waals surface area contributed by atoms with Gasteiger partial charge in [-0.3, -0.25) is 18.7 Å². The molecule has 210 valence electrons. The van der Waals surface area contributed by atoms with Crippen LogP contribution in [0.2, 0.25) is 0 Å². The molecule has 0 aromatic carbocycles. The van der Waals surface area contributed by atoms with Gasteiger partial charge in [0.2, 0.25) is 0 Å². The first-order valence-electron chi connectivity index (χ1n) is 10.3. The zero-order valence-electron chi connectivity index (χ0n) is 19.2. The molecule has 38 heavy (non-hydrogen) atoms. The number of hydrogen-bond donors (Lipinski definition) is 9. The van der Waals surface area contributed by atoms with E-state index in [4.69, 9.17) is 41.3 Å². The van der Waals surface area contributed by atoms with Crippen LogP contribution in [0, 0.1) is 0 Å². The number of aliphatic hydroxyl groups excluding tert-OH is 2. The maximum absolute atomic E-state index is 10.7. The molecule has 20 heteroatoms. The van der Waals surface area contributed by atoms with Gasteiger partial charge in [-0.15, -0.1) is 0 Å². The number of ether oxygens (including phenoxy) is 1. The number of carboxylic acids is 2. The van der Waals surface area contributed by atoms with Crippen molar-refractivity contribution in [2.75, 3.05) is 12.3 Å². The predicted octanol–water partition coefficient (Wildman–Crippen LogP) is -2.00. The van der Waals surface area contributed by atoms with Crippen molar-refractivity contribution in [2.45, 2.75) is 37.0 Å². The lowest BCUT2D eigenvalue weighted by atomic mass is 10.1. The summed E-state index contributed by atoms with van der Waals surface area (Å²) in [6, 6.07) is 1.80. The van der Waals surface area contributed by atoms with Gasteiger partial charge in [-0.1, -0.05) is 0 Å². The summed E-state index contributed by atoms with van der Waals surface area (Å²) in [6.45, 7) is -0.594. The van der Waals surface area contributed by atoms with Gasteiger partial charge in [0.25, 0.3) is 5.95 Å². The van der Waals surface area contributed by atoms with Gasteiger partial charge < -0.3 is 55.9 Å². The standard InChI is InChI=1S/C10H14N5O7P.C4H7NO4.C4H4O2/c11-8-5-9(13-2-12-8)15(3-14-5)10-7(17)6(16)4(22-10)1-21-23(18,19)20;5-2(4(8)9)1-3(6)7;5-4-2-1-3-6-4/h2-4,6-7,10,16-17H,1H2,(H2,11,12,13)(H2,18,19,20);2H,1,5H2,(H,6,7)(H,8,9);1-3,5H/t4-,6-,7-,10-;2-;/m10./s1. The Morgan fingerprint density at radius 1 is 1.18 bits per heavy atom. The Bertz CT molecular complexity index is 1250. The molecular formula is C18H25N6O13P. The molecule has 1 aliphatic rings. The number of hydrogen-bond acceptors (Lipinski definition) is 14. The minimum Gasteiger partial charge on any atom is -0.481 e. The van der Waals surface area contributed by atoms with Gasteiger partial charge in [-0.05, 0) is 6.07 Å². The molecule has 0 spiro atoms. The van der Waals surface area contributed by atoms with Gasteiger partial charge in [0.05, 0.1) is 25.6 Å². The van der Waals surface area contributed by atoms with Crippen molar-refractivity contribution in [3.63, 3.8) is 0 Å². The van der Waals surface area contributed by atoms with Gasteiger partial charge in [-0.25, -0.2) is 19.5 Å². The van der Waals surface area contributed by atoms with Crippen molar-refractivity contribution in [3.05, 3.63) is 31.1 Å². The number of carbonyl (C=O) groups is 2. The summed E-state index contributed by atoms with van der Waals surface area (Å²) in [5.41, 5.74) is 11.1. The largest absolute Gasteiger partial charge is 0.481 e. The number of fused-ring (bicyclic) bond motifs is 1. The molecule has 0 aliphatic carbocycles. The smallest absolute Gasteiger partial charge is 0.469 e. The Labute approximate surface area is 212 Å². The number of anilines is 1. The molecule has 4 rings (SSSR count). The second kappa shape index (κ2) is 13.2. The molecule has 3 aromatic rings. The van der Waals surface area contributed by atoms with Gasteiger partial charge in [-0.2, -0.15) is 0 Å². The SMILES string of the molecule is N[C@@H](CC(=O)O)C(=O)O.Nc1ncnc2c1ncn2[C@@H]1O[C@H](COP(=O)(O)O)[C@@H](O)[C@H]1O.Oc1ccco1. The Morgan fingerprint density at radius 3 is 2.34 bits per heavy atom. The van der Waals surface area contributed by atoms with Crippen LogP contribution in [0.5, 0.6) is 5.95 Å². The number of phosphoric acid groups is 1. The molecule has 19 nitrogen and oxygen atoms in total. The van der Waals surface area contributed by atoms with Crippen LogP contribution in [0.15, 0.2) is 35.5 Å². The first kappa shape index (κ1) is 30.5. The van der Waals surface area contributed by atoms with Crippen LogP contribution in [0.3, 0.4) is 0 Å². The fraction of sp³-hybridized carbons (Fsp3) is 0.389. The number of carboxylic acid groups (broad SMARTS) is 2. The third-order valence-electron chi connectivity index (χ3n) is 4.62. The average Bonchev–Trinajstić information content (AvgIpc) is 3.54. The molecule has 4 heterocycles. The van der Waals surface area contributed by atoms with E-state index in [9.17, 15) is 24.4 Å². The van der Waals surface area contributed by atoms with E-state index in [-0.39, 0.29) is 17.4 Å². The molecule has 0 radical (unpaired) electrons. The first-order chi connectivity index (χ1) is 17.7. The molecule has 0 amide bonds. The van der Waals surface area contributed by atoms with Gasteiger partial charge in [0, 0.05) is 6.07 Å². The average molecular weight is 564 g/mol. The van der Waals surface area contributed by atoms with E-state index < -0.39 is 63.4 Å². The quantitative estimate of drug-likeness (QED) is 0.140. The fourth-order valence-corrected chi connectivity index (χ4v) is 3.21. The van der Waals surface area contributed by atoms with E-state index in [0.717, 1.165) is 0 Å². The van der Waals surface area contributed by atoms with Gasteiger partial charge in [0.15, 0.2) is 17.7 Å². The van der Waals surface area contributed by atoms with Crippen LogP contribution in [0.1, 0.15) is 12.6 Å². The number of imidazole rings is 1. The first-order valence-corrected chi connectivity index (χ1v) is 11.8. The lowest BCUT2D eigenvalue weighted by molar-refractivity contribution is -0.144. The summed E-state index contributed by atoms with van der Waals surface area (Å²) < 4.78 is 26.2. The van der Waals surface area contributed by atoms with Crippen molar-refractivity contribution < 1.29 is 63.2 Å². The summed E-state index contributed by atoms with van der Waals surface area (Å²) in [7, 11) is -4.72. The Kier molecular flexibility index (Phi) is 10.6. The Hall–Kier alpha value is -3.68. The lowest BCUT2D eigenvalue weighted by Crippen LogP contribution is -2.33. The number of aromatic hydroxyl groups is 1. The number of nitrogens with two attached hydrogens (primary N) is 2. The number of phosphoric ester groups is 1. The Morgan fingerprint density at radius 2 is 1.87 bits per heavy atom. The molecule has 11 N–H and O–H groups in total. The summed E-state index contributed by atoms with van der Waals surface area (Å²) in [4.78, 5) is 48.8. The van der Waals surface area contributed by atoms with Crippen molar-refractivity contribution in [3.8, 4) is 5.95 Å². The molecule has 0 saturated carbocycles. The Balaban J connectivity index is 0.000000277. The van der Waals surface area contributed by atoms with Gasteiger partial charge >= 0.3 is 19.8 Å². The van der Waals surface area contributed by atoms with Crippen LogP contribution >= 0.6 is 7.82 Å². The summed E-state index contributed by atoms with van der Waals surface area (Å²) >= 11 is 0. The predicted molar refractivity (Wildman–Crippen MR) is 122 cm³/mol. The van der Waals surface area contributed by atoms with Crippen LogP contribution < -0.4 is 11.5 Å². The number of nitrogen functional groups attached to an aromatic ring is 1. The van der Waals surface area contributed by atoms with Crippen LogP contribution in [-0.2, 0) is 23.4 Å². The fourth-order valence-electron chi connectivity index (χ4n) is 2.87. The zero-order chi connectivity index (χ0) is 28.6. The molecule has 0 bridgehead atoms. The second-order valence-electron chi connectivity index (χ2n) is 7.41. The van der Waals surface area contributed by atoms with Crippen molar-refractivity contribution in [1.82, 2.24) is 19.5 Å². The number of aliphatic carboxylic acids is 2. The number of furan rings is 1. The highest BCUT2D eigenvalue weighted by molar-refractivity contribution is 7.46. The van der Waals surface area contributed by atoms with Crippen LogP contribution in [0.4, 0.5) is 5.82 Å². The number of aromatic nitrogens is 4. The van der Waals surface area contributed by atoms with E-state index in [2.05, 4.69) is 23.9 Å². The molecular weight excluding hydrogens is 539 g/mol. The maximum Gasteiger partial charge on any atom is 0.469 e. The second-order valence-corrected chi connectivity index (χ2v) is 8.65. The molecule has 1 saturated heterocycles. The minimum absolute atomic E-state index is 0.0324. The van der Waals surface area contributed by atoms with Crippen molar-refractivity contribution in [1.29, 1.82) is 0 Å². The van der Waals surface area contributed by atoms with Crippen LogP contribution in [0.25, 0.3) is 11.2 Å². The zero-order valence-corrected chi connectivity index (χ0v) is 20.1. The van der Waals surface area contributed by atoms with Gasteiger partial charge in [0.1, 0.15) is 36.2 Å². The lowest BCUT2D eigenvalue weighted by Gasteiger charge is -2.16. The monoisotopic (exact) mass is 564 g/mol. The third-order valence-corrected chi connectivity index (χ3v) is 5.11. The molecule has 5 atom stereocenters. The van der Waals surface area contributed by atoms with E-state index in [1.165, 1.54) is 29.6 Å². The minimum atomic E-state index is -4.72. The van der Waals surface area contributed by atoms with E-state index in [1.54, 1.807) is 6.07 Å². The highest BCUT2D eigenvalue weighted by Crippen LogP contribution is 2.38. The van der Waals surface area contributed by atoms with E-state index in [1.807, 2.05) is 0 Å².